The summed E-state index contributed by atoms with van der Waals surface area (Å²) in [4.78, 5) is 12.2. The molecule has 0 aliphatic carbocycles. The van der Waals surface area contributed by atoms with E-state index in [0.29, 0.717) is 31.1 Å². The molecule has 20 nitrogen and oxygen atoms in total. The zero-order valence-corrected chi connectivity index (χ0v) is 48.7. The predicted molar refractivity (Wildman–Crippen MR) is 318 cm³/mol. The number of hydrogen-bond donors (Lipinski definition) is 12. The number of halogens is 3. The lowest BCUT2D eigenvalue weighted by atomic mass is 10.1. The third-order valence-corrected chi connectivity index (χ3v) is 9.74. The van der Waals surface area contributed by atoms with E-state index in [-0.39, 0.29) is 75.5 Å². The van der Waals surface area contributed by atoms with Crippen LogP contribution in [0.4, 0.5) is 13.2 Å². The number of para-hydroxylation sites is 1. The van der Waals surface area contributed by atoms with E-state index in [0.717, 1.165) is 99.6 Å². The quantitative estimate of drug-likeness (QED) is 0.0827. The number of fused-ring (bicyclic) bond motifs is 4. The van der Waals surface area contributed by atoms with Crippen molar-refractivity contribution in [3.63, 3.8) is 0 Å². The minimum absolute atomic E-state index is 0. The zero-order valence-electron chi connectivity index (χ0n) is 45.4. The van der Waals surface area contributed by atoms with E-state index in [1.165, 1.54) is 41.3 Å². The molecule has 0 amide bonds. The van der Waals surface area contributed by atoms with Crippen molar-refractivity contribution in [2.75, 3.05) is 76.5 Å². The van der Waals surface area contributed by atoms with Crippen LogP contribution in [0, 0.1) is 17.5 Å². The van der Waals surface area contributed by atoms with Crippen LogP contribution in [0.15, 0.2) is 104 Å². The van der Waals surface area contributed by atoms with Gasteiger partial charge in [-0.15, -0.1) is 0 Å². The predicted octanol–water partition coefficient (Wildman–Crippen LogP) is 3.82. The van der Waals surface area contributed by atoms with Gasteiger partial charge in [-0.1, -0.05) is 31.7 Å². The Hall–Kier alpha value is -5.69. The molecule has 0 spiro atoms. The van der Waals surface area contributed by atoms with E-state index in [1.807, 2.05) is 30.5 Å². The highest BCUT2D eigenvalue weighted by Gasteiger charge is 2.13. The van der Waals surface area contributed by atoms with Crippen LogP contribution in [0.2, 0.25) is 0 Å². The van der Waals surface area contributed by atoms with Crippen molar-refractivity contribution in [1.29, 1.82) is 0 Å². The van der Waals surface area contributed by atoms with E-state index in [4.69, 9.17) is 43.4 Å². The zero-order chi connectivity index (χ0) is 60.5. The molecule has 0 saturated heterocycles. The summed E-state index contributed by atoms with van der Waals surface area (Å²) in [6.07, 6.45) is 18.9. The minimum atomic E-state index is -2.67. The molecule has 0 saturated carbocycles. The number of sulfone groups is 4. The average Bonchev–Trinajstić information content (AvgIpc) is 4.13. The molecule has 0 aliphatic heterocycles. The Morgan fingerprint density at radius 2 is 0.713 bits per heavy atom. The first-order chi connectivity index (χ1) is 36.4. The smallest absolute Gasteiger partial charge is 0.144 e. The molecule has 4 aromatic carbocycles. The molecule has 0 bridgehead atoms. The molecule has 16 N–H and O–H groups in total. The molecule has 80 heavy (non-hydrogen) atoms. The number of hydrogen-bond acceptors (Lipinski definition) is 16. The van der Waals surface area contributed by atoms with Crippen LogP contribution >= 0.6 is 0 Å². The Kier molecular flexibility index (Phi) is 32.7. The molecular weight excluding hydrogens is 1130 g/mol. The number of aromatic nitrogens is 4. The number of rotatable bonds is 12. The maximum Gasteiger partial charge on any atom is 0.144 e. The van der Waals surface area contributed by atoms with Gasteiger partial charge in [0.15, 0.2) is 0 Å². The van der Waals surface area contributed by atoms with Gasteiger partial charge in [0.2, 0.25) is 0 Å². The third kappa shape index (κ3) is 33.2. The van der Waals surface area contributed by atoms with Crippen molar-refractivity contribution >= 4 is 83.0 Å². The monoisotopic (exact) mass is 1210 g/mol. The van der Waals surface area contributed by atoms with Crippen LogP contribution in [0.3, 0.4) is 0 Å². The standard InChI is InChI=1S/3C11H13FN2O.C11H14N2O.4C2H6O2S.CH4/c12-8-1-2-11-10(4-8)7(5-14-11)3-9(13)6-15;12-8-1-2-10-7(3-9(13)6-15)5-14-11(10)4-8;12-9-2-1-3-10-11(9)7(5-14-10)4-8(13)6-15;12-9(7-14)5-8-6-13-11-4-2-1-3-10(8)11;4*1-5(2,3)4;/h2*1-2,4-5,9,14-15H,3,6,13H2;1-3,5,8,14-15H,4,6,13H2;1-4,6,9,13-14H,5,7,12H2;4*1-2H3;1H4/t2*9-;8-;9-;;;;;/m0000...../s1. The molecule has 0 unspecified atom stereocenters. The summed E-state index contributed by atoms with van der Waals surface area (Å²) in [5, 5.41) is 39.0. The molecule has 4 aromatic heterocycles. The van der Waals surface area contributed by atoms with Gasteiger partial charge in [-0.3, -0.25) is 0 Å². The Bertz CT molecular complexity index is 3400. The van der Waals surface area contributed by atoms with Crippen LogP contribution in [0.25, 0.3) is 43.6 Å². The summed E-state index contributed by atoms with van der Waals surface area (Å²) in [5.41, 5.74) is 30.0. The van der Waals surface area contributed by atoms with Crippen LogP contribution in [0.5, 0.6) is 0 Å². The van der Waals surface area contributed by atoms with Gasteiger partial charge in [0.1, 0.15) is 56.8 Å². The van der Waals surface area contributed by atoms with Crippen molar-refractivity contribution in [2.24, 2.45) is 22.9 Å². The Morgan fingerprint density at radius 3 is 1.15 bits per heavy atom. The maximum atomic E-state index is 13.5. The van der Waals surface area contributed by atoms with Crippen molar-refractivity contribution in [3.8, 4) is 0 Å². The van der Waals surface area contributed by atoms with Gasteiger partial charge in [0.05, 0.1) is 26.4 Å². The first kappa shape index (κ1) is 74.3. The third-order valence-electron chi connectivity index (χ3n) is 9.74. The summed E-state index contributed by atoms with van der Waals surface area (Å²) in [6.45, 7) is -0.184. The Morgan fingerprint density at radius 1 is 0.400 bits per heavy atom. The van der Waals surface area contributed by atoms with Crippen LogP contribution < -0.4 is 22.9 Å². The first-order valence-electron chi connectivity index (χ1n) is 23.8. The first-order valence-corrected chi connectivity index (χ1v) is 33.0. The number of nitrogens with two attached hydrogens (primary N) is 4. The topological polar surface area (TPSA) is 385 Å². The fraction of sp³-hybridized carbons (Fsp3) is 0.396. The number of aliphatic hydroxyl groups excluding tert-OH is 4. The van der Waals surface area contributed by atoms with E-state index in [1.54, 1.807) is 36.8 Å². The highest BCUT2D eigenvalue weighted by atomic mass is 32.2. The fourth-order valence-electron chi connectivity index (χ4n) is 6.70. The lowest BCUT2D eigenvalue weighted by molar-refractivity contribution is 0.265. The van der Waals surface area contributed by atoms with Gasteiger partial charge in [-0.05, 0) is 103 Å². The van der Waals surface area contributed by atoms with E-state index >= 15 is 0 Å². The molecule has 4 heterocycles. The van der Waals surface area contributed by atoms with Crippen molar-refractivity contribution in [1.82, 2.24) is 19.9 Å². The summed E-state index contributed by atoms with van der Waals surface area (Å²) < 4.78 is 116. The second-order valence-electron chi connectivity index (χ2n) is 19.0. The highest BCUT2D eigenvalue weighted by molar-refractivity contribution is 7.90. The molecule has 450 valence electrons. The number of H-pyrrole nitrogens is 4. The molecule has 0 aliphatic rings. The van der Waals surface area contributed by atoms with Gasteiger partial charge in [-0.2, -0.15) is 0 Å². The number of nitrogens with one attached hydrogen (secondary N) is 4. The normalized spacial score (nSPS) is 12.7. The summed E-state index contributed by atoms with van der Waals surface area (Å²) >= 11 is 0. The second kappa shape index (κ2) is 35.2. The van der Waals surface area contributed by atoms with Crippen LogP contribution in [0.1, 0.15) is 29.7 Å². The number of benzene rings is 4. The maximum absolute atomic E-state index is 13.5. The molecule has 0 fully saturated rings. The average molecular weight is 1210 g/mol. The van der Waals surface area contributed by atoms with Gasteiger partial charge < -0.3 is 63.3 Å². The number of aliphatic hydroxyl groups is 4. The fourth-order valence-corrected chi connectivity index (χ4v) is 6.70. The van der Waals surface area contributed by atoms with Crippen molar-refractivity contribution in [3.05, 3.63) is 143 Å². The van der Waals surface area contributed by atoms with Crippen LogP contribution in [-0.2, 0) is 65.0 Å². The summed E-state index contributed by atoms with van der Waals surface area (Å²) in [7, 11) is -10.7. The summed E-state index contributed by atoms with van der Waals surface area (Å²) in [5.74, 6) is -0.780. The highest BCUT2D eigenvalue weighted by Crippen LogP contribution is 2.24. The van der Waals surface area contributed by atoms with Crippen LogP contribution in [-0.4, -0.2) is 175 Å². The van der Waals surface area contributed by atoms with Gasteiger partial charge in [0.25, 0.3) is 0 Å². The van der Waals surface area contributed by atoms with Gasteiger partial charge in [-0.25, -0.2) is 46.8 Å². The van der Waals surface area contributed by atoms with Gasteiger partial charge >= 0.3 is 0 Å². The summed E-state index contributed by atoms with van der Waals surface area (Å²) in [6, 6.07) is 21.1. The molecule has 8 aromatic rings. The molecular formula is C53H81F3N8O12S4. The molecule has 27 heteroatoms. The minimum Gasteiger partial charge on any atom is -0.395 e. The van der Waals surface area contributed by atoms with Crippen molar-refractivity contribution in [2.45, 2.75) is 57.3 Å². The Labute approximate surface area is 467 Å². The molecule has 0 radical (unpaired) electrons. The van der Waals surface area contributed by atoms with E-state index < -0.39 is 39.3 Å². The number of aromatic amines is 4. The molecule has 4 atom stereocenters. The lowest BCUT2D eigenvalue weighted by Crippen LogP contribution is -2.26. The van der Waals surface area contributed by atoms with Gasteiger partial charge in [0, 0.05) is 143 Å². The SMILES string of the molecule is C.CS(C)(=O)=O.CS(C)(=O)=O.CS(C)(=O)=O.CS(C)(=O)=O.N[C@H](CO)Cc1c[nH]c2cc(F)ccc12.N[C@H](CO)Cc1c[nH]c2ccc(F)cc12.N[C@H](CO)Cc1c[nH]c2cccc(F)c12.N[C@H](CO)Cc1c[nH]c2ccccc12. The molecule has 8 rings (SSSR count). The Balaban J connectivity index is 0.000000931. The van der Waals surface area contributed by atoms with E-state index in [2.05, 4.69) is 26.0 Å². The lowest BCUT2D eigenvalue weighted by Gasteiger charge is -2.06. The largest absolute Gasteiger partial charge is 0.395 e. The van der Waals surface area contributed by atoms with E-state index in [9.17, 15) is 46.8 Å². The van der Waals surface area contributed by atoms with Crippen molar-refractivity contribution < 1.29 is 67.3 Å². The second-order valence-corrected chi connectivity index (χ2v) is 28.1.